The molecule has 0 aliphatic carbocycles. The summed E-state index contributed by atoms with van der Waals surface area (Å²) in [5, 5.41) is 7.90. The molecule has 27 heavy (non-hydrogen) atoms. The minimum atomic E-state index is -0.548. The molecular weight excluding hydrogens is 342 g/mol. The van der Waals surface area contributed by atoms with E-state index in [-0.39, 0.29) is 12.3 Å². The molecule has 1 heterocycles. The Kier molecular flexibility index (Phi) is 5.85. The first-order valence-corrected chi connectivity index (χ1v) is 8.47. The van der Waals surface area contributed by atoms with Crippen molar-refractivity contribution in [3.05, 3.63) is 77.6 Å². The number of para-hydroxylation sites is 1. The van der Waals surface area contributed by atoms with Crippen molar-refractivity contribution in [1.82, 2.24) is 15.0 Å². The van der Waals surface area contributed by atoms with Gasteiger partial charge in [-0.25, -0.2) is 9.48 Å². The van der Waals surface area contributed by atoms with Crippen LogP contribution in [0.2, 0.25) is 0 Å². The van der Waals surface area contributed by atoms with Crippen LogP contribution in [0, 0.1) is 12.3 Å². The zero-order valence-corrected chi connectivity index (χ0v) is 14.9. The number of ether oxygens (including phenoxy) is 2. The van der Waals surface area contributed by atoms with Gasteiger partial charge < -0.3 is 9.47 Å². The quantitative estimate of drug-likeness (QED) is 0.477. The summed E-state index contributed by atoms with van der Waals surface area (Å²) in [6, 6.07) is 17.1. The third-order valence-electron chi connectivity index (χ3n) is 3.89. The lowest BCUT2D eigenvalue weighted by atomic mass is 10.1. The van der Waals surface area contributed by atoms with Gasteiger partial charge in [-0.1, -0.05) is 59.7 Å². The highest BCUT2D eigenvalue weighted by molar-refractivity contribution is 5.86. The summed E-state index contributed by atoms with van der Waals surface area (Å²) in [4.78, 5) is 12.4. The molecule has 2 aromatic carbocycles. The lowest BCUT2D eigenvalue weighted by Gasteiger charge is -2.16. The van der Waals surface area contributed by atoms with Crippen molar-refractivity contribution in [1.29, 1.82) is 0 Å². The van der Waals surface area contributed by atoms with E-state index in [1.807, 2.05) is 48.5 Å². The smallest absolute Gasteiger partial charge is 0.361 e. The van der Waals surface area contributed by atoms with Crippen LogP contribution in [-0.4, -0.2) is 27.6 Å². The number of hydrogen-bond acceptors (Lipinski definition) is 5. The number of esters is 1. The average molecular weight is 361 g/mol. The molecule has 136 valence electrons. The molecule has 0 aliphatic heterocycles. The first-order valence-electron chi connectivity index (χ1n) is 8.47. The Bertz CT molecular complexity index is 945. The lowest BCUT2D eigenvalue weighted by Crippen LogP contribution is -2.11. The van der Waals surface area contributed by atoms with Gasteiger partial charge in [0.25, 0.3) is 0 Å². The Morgan fingerprint density at radius 1 is 1.19 bits per heavy atom. The minimum Gasteiger partial charge on any atom is -0.481 e. The molecule has 6 nitrogen and oxygen atoms in total. The zero-order valence-electron chi connectivity index (χ0n) is 14.9. The summed E-state index contributed by atoms with van der Waals surface area (Å²) in [6.45, 7) is 2.44. The second kappa shape index (κ2) is 8.68. The molecule has 3 aromatic rings. The highest BCUT2D eigenvalue weighted by atomic mass is 16.5. The monoisotopic (exact) mass is 361 g/mol. The van der Waals surface area contributed by atoms with Crippen molar-refractivity contribution >= 4 is 5.97 Å². The standard InChI is InChI=1S/C21H19N3O3/c1-3-13-26-20-12-8-7-11-18(20)16(2)27-21(25)19-15-24(23-22-19)14-17-9-5-4-6-10-17/h1,4-12,15-16H,13-14H2,2H3. The van der Waals surface area contributed by atoms with E-state index in [9.17, 15) is 4.79 Å². The first kappa shape index (κ1) is 18.2. The van der Waals surface area contributed by atoms with Gasteiger partial charge in [0.1, 0.15) is 18.5 Å². The maximum absolute atomic E-state index is 12.4. The molecule has 1 aromatic heterocycles. The fraction of sp³-hybridized carbons (Fsp3) is 0.190. The van der Waals surface area contributed by atoms with Crippen LogP contribution in [-0.2, 0) is 11.3 Å². The summed E-state index contributed by atoms with van der Waals surface area (Å²) < 4.78 is 12.6. The third kappa shape index (κ3) is 4.73. The summed E-state index contributed by atoms with van der Waals surface area (Å²) in [6.07, 6.45) is 6.29. The molecule has 1 unspecified atom stereocenters. The van der Waals surface area contributed by atoms with Gasteiger partial charge in [-0.2, -0.15) is 0 Å². The highest BCUT2D eigenvalue weighted by Crippen LogP contribution is 2.27. The van der Waals surface area contributed by atoms with Gasteiger partial charge >= 0.3 is 5.97 Å². The Labute approximate surface area is 157 Å². The van der Waals surface area contributed by atoms with E-state index in [0.29, 0.717) is 12.3 Å². The van der Waals surface area contributed by atoms with E-state index >= 15 is 0 Å². The normalized spacial score (nSPS) is 11.4. The van der Waals surface area contributed by atoms with Crippen LogP contribution in [0.3, 0.4) is 0 Å². The number of nitrogens with zero attached hydrogens (tertiary/aromatic N) is 3. The molecule has 0 aliphatic rings. The number of benzene rings is 2. The molecule has 0 saturated heterocycles. The number of carbonyl (C=O) groups is 1. The van der Waals surface area contributed by atoms with E-state index < -0.39 is 12.1 Å². The van der Waals surface area contributed by atoms with Crippen molar-refractivity contribution < 1.29 is 14.3 Å². The molecule has 0 N–H and O–H groups in total. The summed E-state index contributed by atoms with van der Waals surface area (Å²) in [7, 11) is 0. The maximum Gasteiger partial charge on any atom is 0.361 e. The molecule has 1 atom stereocenters. The van der Waals surface area contributed by atoms with E-state index in [1.54, 1.807) is 23.9 Å². The van der Waals surface area contributed by atoms with Gasteiger partial charge in [-0.05, 0) is 18.6 Å². The number of carbonyl (C=O) groups excluding carboxylic acids is 1. The summed E-state index contributed by atoms with van der Waals surface area (Å²) >= 11 is 0. The Morgan fingerprint density at radius 2 is 1.93 bits per heavy atom. The van der Waals surface area contributed by atoms with E-state index in [1.165, 1.54) is 0 Å². The Balaban J connectivity index is 1.66. The topological polar surface area (TPSA) is 66.2 Å². The number of rotatable bonds is 7. The molecule has 0 amide bonds. The van der Waals surface area contributed by atoms with Crippen molar-refractivity contribution in [2.24, 2.45) is 0 Å². The largest absolute Gasteiger partial charge is 0.481 e. The average Bonchev–Trinajstić information content (AvgIpc) is 3.16. The van der Waals surface area contributed by atoms with E-state index in [2.05, 4.69) is 16.2 Å². The molecule has 0 bridgehead atoms. The van der Waals surface area contributed by atoms with Gasteiger partial charge in [0, 0.05) is 5.56 Å². The van der Waals surface area contributed by atoms with Crippen molar-refractivity contribution in [3.63, 3.8) is 0 Å². The first-order chi connectivity index (χ1) is 13.2. The zero-order chi connectivity index (χ0) is 19.1. The molecular formula is C21H19N3O3. The van der Waals surface area contributed by atoms with Gasteiger partial charge in [-0.3, -0.25) is 0 Å². The molecule has 0 spiro atoms. The fourth-order valence-corrected chi connectivity index (χ4v) is 2.59. The minimum absolute atomic E-state index is 0.144. The number of terminal acetylenes is 1. The summed E-state index contributed by atoms with van der Waals surface area (Å²) in [5.41, 5.74) is 1.95. The molecule has 0 radical (unpaired) electrons. The van der Waals surface area contributed by atoms with Crippen LogP contribution in [0.25, 0.3) is 0 Å². The number of aromatic nitrogens is 3. The van der Waals surface area contributed by atoms with Crippen LogP contribution in [0.15, 0.2) is 60.8 Å². The van der Waals surface area contributed by atoms with Crippen LogP contribution in [0.4, 0.5) is 0 Å². The number of hydrogen-bond donors (Lipinski definition) is 0. The Morgan fingerprint density at radius 3 is 2.70 bits per heavy atom. The Hall–Kier alpha value is -3.59. The molecule has 0 saturated carbocycles. The van der Waals surface area contributed by atoms with E-state index in [4.69, 9.17) is 15.9 Å². The van der Waals surface area contributed by atoms with E-state index in [0.717, 1.165) is 11.1 Å². The summed E-state index contributed by atoms with van der Waals surface area (Å²) in [5.74, 6) is 2.46. The van der Waals surface area contributed by atoms with Crippen LogP contribution >= 0.6 is 0 Å². The molecule has 6 heteroatoms. The van der Waals surface area contributed by atoms with Crippen molar-refractivity contribution in [3.8, 4) is 18.1 Å². The SMILES string of the molecule is C#CCOc1ccccc1C(C)OC(=O)c1cn(Cc2ccccc2)nn1. The van der Waals surface area contributed by atoms with Crippen LogP contribution in [0.1, 0.15) is 34.6 Å². The fourth-order valence-electron chi connectivity index (χ4n) is 2.59. The second-order valence-electron chi connectivity index (χ2n) is 5.87. The molecule has 0 fully saturated rings. The van der Waals surface area contributed by atoms with Crippen LogP contribution in [0.5, 0.6) is 5.75 Å². The van der Waals surface area contributed by atoms with Crippen LogP contribution < -0.4 is 4.74 Å². The van der Waals surface area contributed by atoms with Crippen molar-refractivity contribution in [2.45, 2.75) is 19.6 Å². The third-order valence-corrected chi connectivity index (χ3v) is 3.89. The molecule has 3 rings (SSSR count). The van der Waals surface area contributed by atoms with Gasteiger partial charge in [0.2, 0.25) is 0 Å². The van der Waals surface area contributed by atoms with Gasteiger partial charge in [0.05, 0.1) is 12.7 Å². The second-order valence-corrected chi connectivity index (χ2v) is 5.87. The maximum atomic E-state index is 12.4. The van der Waals surface area contributed by atoms with Gasteiger partial charge in [0.15, 0.2) is 5.69 Å². The highest BCUT2D eigenvalue weighted by Gasteiger charge is 2.19. The van der Waals surface area contributed by atoms with Gasteiger partial charge in [-0.15, -0.1) is 11.5 Å². The predicted octanol–water partition coefficient (Wildman–Crippen LogP) is 3.26. The predicted molar refractivity (Wildman–Crippen MR) is 100 cm³/mol. The van der Waals surface area contributed by atoms with Crippen molar-refractivity contribution in [2.75, 3.05) is 6.61 Å². The lowest BCUT2D eigenvalue weighted by molar-refractivity contribution is 0.0326.